The molecule has 0 saturated heterocycles. The molecular formula is C16H34N. The van der Waals surface area contributed by atoms with Gasteiger partial charge in [-0.3, -0.25) is 0 Å². The van der Waals surface area contributed by atoms with Gasteiger partial charge in [0, 0.05) is 0 Å². The zero-order valence-corrected chi connectivity index (χ0v) is 12.1. The van der Waals surface area contributed by atoms with Crippen LogP contribution in [0.15, 0.2) is 0 Å². The molecule has 0 rings (SSSR count). The van der Waals surface area contributed by atoms with Gasteiger partial charge < -0.3 is 5.73 Å². The predicted molar refractivity (Wildman–Crippen MR) is 79.0 cm³/mol. The quantitative estimate of drug-likeness (QED) is 0.413. The molecule has 103 valence electrons. The minimum absolute atomic E-state index is 0.859. The molecule has 0 aliphatic rings. The Morgan fingerprint density at radius 3 is 1.65 bits per heavy atom. The lowest BCUT2D eigenvalue weighted by atomic mass is 10.0. The summed E-state index contributed by atoms with van der Waals surface area (Å²) in [7, 11) is 0. The average molecular weight is 240 g/mol. The highest BCUT2D eigenvalue weighted by molar-refractivity contribution is 4.64. The van der Waals surface area contributed by atoms with E-state index in [1.807, 2.05) is 0 Å². The van der Waals surface area contributed by atoms with E-state index >= 15 is 0 Å². The summed E-state index contributed by atoms with van der Waals surface area (Å²) in [5, 5.41) is 0. The SMILES string of the molecule is CCCCCCCCCC[CH]CCCCCN. The van der Waals surface area contributed by atoms with Gasteiger partial charge in [0.2, 0.25) is 0 Å². The lowest BCUT2D eigenvalue weighted by Gasteiger charge is -2.02. The zero-order chi connectivity index (χ0) is 12.6. The largest absolute Gasteiger partial charge is 0.330 e. The Balaban J connectivity index is 2.85. The van der Waals surface area contributed by atoms with Crippen LogP contribution in [0.1, 0.15) is 90.4 Å². The minimum Gasteiger partial charge on any atom is -0.330 e. The van der Waals surface area contributed by atoms with E-state index in [1.54, 1.807) is 0 Å². The molecule has 0 amide bonds. The van der Waals surface area contributed by atoms with Crippen LogP contribution in [0.2, 0.25) is 0 Å². The first-order valence-electron chi connectivity index (χ1n) is 7.93. The first-order valence-corrected chi connectivity index (χ1v) is 7.93. The molecule has 0 aromatic heterocycles. The molecule has 2 N–H and O–H groups in total. The first-order chi connectivity index (χ1) is 8.41. The molecular weight excluding hydrogens is 206 g/mol. The van der Waals surface area contributed by atoms with Crippen molar-refractivity contribution in [2.75, 3.05) is 6.54 Å². The second-order valence-electron chi connectivity index (χ2n) is 5.19. The lowest BCUT2D eigenvalue weighted by Crippen LogP contribution is -1.97. The standard InChI is InChI=1S/C16H34N/c1-2-3-4-5-6-7-8-9-10-11-12-13-14-15-16-17/h11H,2-10,12-17H2,1H3. The molecule has 0 aliphatic carbocycles. The fourth-order valence-electron chi connectivity index (χ4n) is 2.18. The van der Waals surface area contributed by atoms with Gasteiger partial charge in [-0.05, 0) is 19.4 Å². The van der Waals surface area contributed by atoms with Crippen molar-refractivity contribution in [1.29, 1.82) is 0 Å². The molecule has 0 atom stereocenters. The van der Waals surface area contributed by atoms with Gasteiger partial charge in [-0.2, -0.15) is 0 Å². The van der Waals surface area contributed by atoms with Gasteiger partial charge in [-0.1, -0.05) is 84.0 Å². The molecule has 0 saturated carbocycles. The number of rotatable bonds is 14. The number of hydrogen-bond acceptors (Lipinski definition) is 1. The fourth-order valence-corrected chi connectivity index (χ4v) is 2.18. The first kappa shape index (κ1) is 17.0. The van der Waals surface area contributed by atoms with Gasteiger partial charge in [0.1, 0.15) is 0 Å². The molecule has 0 bridgehead atoms. The van der Waals surface area contributed by atoms with Crippen molar-refractivity contribution in [3.8, 4) is 0 Å². The summed E-state index contributed by atoms with van der Waals surface area (Å²) in [6.07, 6.45) is 20.4. The third-order valence-electron chi connectivity index (χ3n) is 3.37. The van der Waals surface area contributed by atoms with E-state index in [0.717, 1.165) is 6.54 Å². The summed E-state index contributed by atoms with van der Waals surface area (Å²) < 4.78 is 0. The van der Waals surface area contributed by atoms with Gasteiger partial charge in [-0.15, -0.1) is 0 Å². The zero-order valence-electron chi connectivity index (χ0n) is 12.1. The van der Waals surface area contributed by atoms with Crippen LogP contribution >= 0.6 is 0 Å². The van der Waals surface area contributed by atoms with Crippen LogP contribution in [0, 0.1) is 6.42 Å². The van der Waals surface area contributed by atoms with Gasteiger partial charge in [0.05, 0.1) is 0 Å². The summed E-state index contributed by atoms with van der Waals surface area (Å²) in [6.45, 7) is 3.14. The fraction of sp³-hybridized carbons (Fsp3) is 0.938. The molecule has 17 heavy (non-hydrogen) atoms. The van der Waals surface area contributed by atoms with Crippen LogP contribution in [0.25, 0.3) is 0 Å². The Hall–Kier alpha value is -0.0400. The van der Waals surface area contributed by atoms with Gasteiger partial charge in [0.25, 0.3) is 0 Å². The van der Waals surface area contributed by atoms with Crippen LogP contribution < -0.4 is 5.73 Å². The van der Waals surface area contributed by atoms with E-state index in [2.05, 4.69) is 13.3 Å². The van der Waals surface area contributed by atoms with Gasteiger partial charge >= 0.3 is 0 Å². The second kappa shape index (κ2) is 16.0. The maximum Gasteiger partial charge on any atom is -0.00773 e. The summed E-state index contributed by atoms with van der Waals surface area (Å²) >= 11 is 0. The van der Waals surface area contributed by atoms with Crippen molar-refractivity contribution in [2.24, 2.45) is 5.73 Å². The second-order valence-corrected chi connectivity index (χ2v) is 5.19. The Morgan fingerprint density at radius 2 is 1.12 bits per heavy atom. The van der Waals surface area contributed by atoms with E-state index in [0.29, 0.717) is 0 Å². The van der Waals surface area contributed by atoms with Crippen LogP contribution in [0.5, 0.6) is 0 Å². The highest BCUT2D eigenvalue weighted by Gasteiger charge is 1.93. The molecule has 0 aromatic rings. The van der Waals surface area contributed by atoms with Crippen molar-refractivity contribution in [2.45, 2.75) is 90.4 Å². The summed E-state index contributed by atoms with van der Waals surface area (Å²) in [6, 6.07) is 0. The summed E-state index contributed by atoms with van der Waals surface area (Å²) in [4.78, 5) is 0. The van der Waals surface area contributed by atoms with Crippen molar-refractivity contribution >= 4 is 0 Å². The number of nitrogens with two attached hydrogens (primary N) is 1. The van der Waals surface area contributed by atoms with E-state index in [9.17, 15) is 0 Å². The van der Waals surface area contributed by atoms with Crippen molar-refractivity contribution < 1.29 is 0 Å². The third-order valence-corrected chi connectivity index (χ3v) is 3.37. The molecule has 1 nitrogen and oxygen atoms in total. The van der Waals surface area contributed by atoms with Crippen molar-refractivity contribution in [3.63, 3.8) is 0 Å². The molecule has 0 heterocycles. The summed E-state index contributed by atoms with van der Waals surface area (Å²) in [5.74, 6) is 0. The molecule has 1 radical (unpaired) electrons. The Bertz CT molecular complexity index is 109. The van der Waals surface area contributed by atoms with Crippen LogP contribution in [0.3, 0.4) is 0 Å². The van der Waals surface area contributed by atoms with E-state index < -0.39 is 0 Å². The van der Waals surface area contributed by atoms with Crippen LogP contribution in [-0.4, -0.2) is 6.54 Å². The Morgan fingerprint density at radius 1 is 0.647 bits per heavy atom. The van der Waals surface area contributed by atoms with Crippen molar-refractivity contribution in [1.82, 2.24) is 0 Å². The topological polar surface area (TPSA) is 26.0 Å². The smallest absolute Gasteiger partial charge is 0.00773 e. The highest BCUT2D eigenvalue weighted by atomic mass is 14.5. The Labute approximate surface area is 110 Å². The van der Waals surface area contributed by atoms with Crippen LogP contribution in [-0.2, 0) is 0 Å². The van der Waals surface area contributed by atoms with E-state index in [4.69, 9.17) is 5.73 Å². The molecule has 0 fully saturated rings. The third kappa shape index (κ3) is 16.0. The molecule has 0 aromatic carbocycles. The van der Waals surface area contributed by atoms with Crippen molar-refractivity contribution in [3.05, 3.63) is 6.42 Å². The molecule has 1 heteroatoms. The minimum atomic E-state index is 0.859. The Kier molecular flexibility index (Phi) is 15.9. The number of hydrogen-bond donors (Lipinski definition) is 1. The summed E-state index contributed by atoms with van der Waals surface area (Å²) in [5.41, 5.74) is 5.46. The van der Waals surface area contributed by atoms with E-state index in [-0.39, 0.29) is 0 Å². The maximum atomic E-state index is 5.46. The number of unbranched alkanes of at least 4 members (excludes halogenated alkanes) is 13. The molecule has 0 spiro atoms. The van der Waals surface area contributed by atoms with E-state index in [1.165, 1.54) is 83.5 Å². The average Bonchev–Trinajstić information content (AvgIpc) is 2.35. The normalized spacial score (nSPS) is 10.9. The van der Waals surface area contributed by atoms with Crippen LogP contribution in [0.4, 0.5) is 0 Å². The lowest BCUT2D eigenvalue weighted by molar-refractivity contribution is 0.569. The van der Waals surface area contributed by atoms with Gasteiger partial charge in [0.15, 0.2) is 0 Å². The van der Waals surface area contributed by atoms with Gasteiger partial charge in [-0.25, -0.2) is 0 Å². The maximum absolute atomic E-state index is 5.46. The highest BCUT2D eigenvalue weighted by Crippen LogP contribution is 2.12. The molecule has 0 unspecified atom stereocenters. The predicted octanol–water partition coefficient (Wildman–Crippen LogP) is 5.24. The monoisotopic (exact) mass is 240 g/mol. The molecule has 0 aliphatic heterocycles.